The summed E-state index contributed by atoms with van der Waals surface area (Å²) < 4.78 is 14.2. The molecule has 0 spiro atoms. The second-order valence-corrected chi connectivity index (χ2v) is 7.79. The molecule has 0 aliphatic rings. The monoisotopic (exact) mass is 499 g/mol. The molecule has 154 valence electrons. The van der Waals surface area contributed by atoms with Gasteiger partial charge >= 0.3 is 0 Å². The van der Waals surface area contributed by atoms with E-state index < -0.39 is 0 Å². The van der Waals surface area contributed by atoms with Crippen molar-refractivity contribution in [1.82, 2.24) is 20.2 Å². The number of hydrogen-bond donors (Lipinski definition) is 1. The number of aromatic nitrogens is 4. The van der Waals surface area contributed by atoms with Crippen LogP contribution in [0.4, 0.5) is 5.95 Å². The first-order valence-electron chi connectivity index (χ1n) is 8.96. The molecular formula is C19H20BrCl2N5O2. The number of tetrazole rings is 1. The third-order valence-electron chi connectivity index (χ3n) is 4.20. The number of ether oxygens (including phenoxy) is 2. The van der Waals surface area contributed by atoms with Gasteiger partial charge in [-0.15, -0.1) is 0 Å². The predicted molar refractivity (Wildman–Crippen MR) is 117 cm³/mol. The predicted octanol–water partition coefficient (Wildman–Crippen LogP) is 5.35. The molecule has 0 aliphatic heterocycles. The van der Waals surface area contributed by atoms with Crippen molar-refractivity contribution in [2.75, 3.05) is 12.4 Å². The number of halogens is 3. The lowest BCUT2D eigenvalue weighted by Gasteiger charge is -2.18. The first-order valence-corrected chi connectivity index (χ1v) is 10.5. The highest BCUT2D eigenvalue weighted by atomic mass is 79.9. The maximum atomic E-state index is 6.27. The number of methoxy groups -OCH3 is 1. The first-order chi connectivity index (χ1) is 14.0. The Kier molecular flexibility index (Phi) is 7.57. The summed E-state index contributed by atoms with van der Waals surface area (Å²) in [4.78, 5) is 0. The van der Waals surface area contributed by atoms with Crippen molar-refractivity contribution < 1.29 is 9.47 Å². The van der Waals surface area contributed by atoms with E-state index in [1.807, 2.05) is 12.1 Å². The maximum absolute atomic E-state index is 6.27. The lowest BCUT2D eigenvalue weighted by Crippen LogP contribution is -2.11. The molecule has 3 rings (SSSR count). The molecule has 0 atom stereocenters. The number of anilines is 1. The van der Waals surface area contributed by atoms with Crippen LogP contribution in [-0.2, 0) is 19.7 Å². The molecule has 0 radical (unpaired) electrons. The van der Waals surface area contributed by atoms with Gasteiger partial charge in [0.1, 0.15) is 6.61 Å². The summed E-state index contributed by atoms with van der Waals surface area (Å²) in [5.74, 6) is 1.77. The third kappa shape index (κ3) is 5.12. The van der Waals surface area contributed by atoms with Crippen LogP contribution in [0.25, 0.3) is 0 Å². The zero-order chi connectivity index (χ0) is 20.8. The molecule has 29 heavy (non-hydrogen) atoms. The van der Waals surface area contributed by atoms with Gasteiger partial charge in [0.15, 0.2) is 11.5 Å². The van der Waals surface area contributed by atoms with Gasteiger partial charge in [-0.3, -0.25) is 0 Å². The number of rotatable bonds is 9. The van der Waals surface area contributed by atoms with Crippen molar-refractivity contribution in [3.63, 3.8) is 0 Å². The van der Waals surface area contributed by atoms with Crippen LogP contribution >= 0.6 is 39.1 Å². The number of nitrogens with zero attached hydrogens (tertiary/aromatic N) is 4. The van der Waals surface area contributed by atoms with Gasteiger partial charge in [0, 0.05) is 38.7 Å². The van der Waals surface area contributed by atoms with Crippen molar-refractivity contribution in [2.45, 2.75) is 33.0 Å². The molecule has 0 fully saturated rings. The Hall–Kier alpha value is -2.03. The van der Waals surface area contributed by atoms with E-state index in [0.29, 0.717) is 39.6 Å². The van der Waals surface area contributed by atoms with Crippen LogP contribution < -0.4 is 14.8 Å². The molecule has 0 aliphatic carbocycles. The lowest BCUT2D eigenvalue weighted by molar-refractivity contribution is 0.281. The number of benzene rings is 2. The molecule has 7 nitrogen and oxygen atoms in total. The minimum absolute atomic E-state index is 0.200. The third-order valence-corrected chi connectivity index (χ3v) is 5.65. The second kappa shape index (κ2) is 10.1. The Morgan fingerprint density at radius 3 is 2.59 bits per heavy atom. The molecular weight excluding hydrogens is 481 g/mol. The highest BCUT2D eigenvalue weighted by Crippen LogP contribution is 2.38. The largest absolute Gasteiger partial charge is 0.493 e. The number of hydrogen-bond acceptors (Lipinski definition) is 6. The van der Waals surface area contributed by atoms with Crippen molar-refractivity contribution >= 4 is 45.1 Å². The molecule has 1 heterocycles. The van der Waals surface area contributed by atoms with E-state index in [-0.39, 0.29) is 6.61 Å². The van der Waals surface area contributed by atoms with Gasteiger partial charge < -0.3 is 14.8 Å². The average Bonchev–Trinajstić information content (AvgIpc) is 3.14. The van der Waals surface area contributed by atoms with Crippen LogP contribution in [-0.4, -0.2) is 27.3 Å². The van der Waals surface area contributed by atoms with E-state index in [9.17, 15) is 0 Å². The van der Waals surface area contributed by atoms with Gasteiger partial charge in [-0.25, -0.2) is 4.68 Å². The normalized spacial score (nSPS) is 10.8. The quantitative estimate of drug-likeness (QED) is 0.426. The Labute approximate surface area is 187 Å². The van der Waals surface area contributed by atoms with Crippen molar-refractivity contribution in [3.8, 4) is 11.5 Å². The molecule has 10 heteroatoms. The lowest BCUT2D eigenvalue weighted by atomic mass is 10.1. The molecule has 0 bridgehead atoms. The second-order valence-electron chi connectivity index (χ2n) is 6.13. The van der Waals surface area contributed by atoms with Crippen molar-refractivity contribution in [2.24, 2.45) is 0 Å². The van der Waals surface area contributed by atoms with Crippen LogP contribution in [0.3, 0.4) is 0 Å². The van der Waals surface area contributed by atoms with Crippen molar-refractivity contribution in [1.29, 1.82) is 0 Å². The highest BCUT2D eigenvalue weighted by Gasteiger charge is 2.17. The van der Waals surface area contributed by atoms with Crippen LogP contribution in [0.5, 0.6) is 11.5 Å². The Morgan fingerprint density at radius 1 is 1.14 bits per heavy atom. The van der Waals surface area contributed by atoms with E-state index in [1.165, 1.54) is 0 Å². The molecule has 1 N–H and O–H groups in total. The summed E-state index contributed by atoms with van der Waals surface area (Å²) >= 11 is 16.1. The van der Waals surface area contributed by atoms with Crippen molar-refractivity contribution in [3.05, 3.63) is 56.0 Å². The minimum atomic E-state index is 0.200. The Bertz CT molecular complexity index is 963. The van der Waals surface area contributed by atoms with Gasteiger partial charge in [-0.1, -0.05) is 57.2 Å². The van der Waals surface area contributed by atoms with E-state index in [2.05, 4.69) is 43.7 Å². The van der Waals surface area contributed by atoms with E-state index in [4.69, 9.17) is 32.7 Å². The Morgan fingerprint density at radius 2 is 1.90 bits per heavy atom. The molecule has 0 saturated carbocycles. The van der Waals surface area contributed by atoms with Gasteiger partial charge in [-0.05, 0) is 41.1 Å². The maximum Gasteiger partial charge on any atom is 0.243 e. The van der Waals surface area contributed by atoms with E-state index in [0.717, 1.165) is 23.0 Å². The molecule has 2 aromatic carbocycles. The Balaban J connectivity index is 1.86. The zero-order valence-electron chi connectivity index (χ0n) is 16.0. The molecule has 0 saturated heterocycles. The van der Waals surface area contributed by atoms with E-state index >= 15 is 0 Å². The van der Waals surface area contributed by atoms with Crippen LogP contribution in [0.2, 0.25) is 10.0 Å². The fourth-order valence-electron chi connectivity index (χ4n) is 2.74. The van der Waals surface area contributed by atoms with Gasteiger partial charge in [0.25, 0.3) is 0 Å². The SMILES string of the molecule is CCCn1nnnc1NCc1c(Br)ccc(OC)c1OCc1c(Cl)cccc1Cl. The summed E-state index contributed by atoms with van der Waals surface area (Å²) in [5, 5.41) is 16.1. The average molecular weight is 501 g/mol. The fourth-order valence-corrected chi connectivity index (χ4v) is 3.70. The van der Waals surface area contributed by atoms with Gasteiger partial charge in [-0.2, -0.15) is 0 Å². The summed E-state index contributed by atoms with van der Waals surface area (Å²) in [7, 11) is 1.59. The van der Waals surface area contributed by atoms with E-state index in [1.54, 1.807) is 30.0 Å². The van der Waals surface area contributed by atoms with Crippen LogP contribution in [0.1, 0.15) is 24.5 Å². The molecule has 0 unspecified atom stereocenters. The van der Waals surface area contributed by atoms with Crippen LogP contribution in [0.15, 0.2) is 34.8 Å². The summed E-state index contributed by atoms with van der Waals surface area (Å²) in [6.07, 6.45) is 0.926. The first kappa shape index (κ1) is 21.7. The minimum Gasteiger partial charge on any atom is -0.493 e. The van der Waals surface area contributed by atoms with Gasteiger partial charge in [0.05, 0.1) is 7.11 Å². The number of nitrogens with one attached hydrogen (secondary N) is 1. The zero-order valence-corrected chi connectivity index (χ0v) is 19.1. The van der Waals surface area contributed by atoms with Gasteiger partial charge in [0.2, 0.25) is 5.95 Å². The number of aryl methyl sites for hydroxylation is 1. The smallest absolute Gasteiger partial charge is 0.243 e. The highest BCUT2D eigenvalue weighted by molar-refractivity contribution is 9.10. The topological polar surface area (TPSA) is 74.1 Å². The summed E-state index contributed by atoms with van der Waals surface area (Å²) in [6, 6.07) is 9.09. The van der Waals surface area contributed by atoms with Crippen LogP contribution in [0, 0.1) is 0 Å². The summed E-state index contributed by atoms with van der Waals surface area (Å²) in [5.41, 5.74) is 1.57. The standard InChI is InChI=1S/C19H20BrCl2N5O2/c1-3-9-27-19(24-25-26-27)23-10-12-14(20)7-8-17(28-2)18(12)29-11-13-15(21)5-4-6-16(13)22/h4-8H,3,9-11H2,1-2H3,(H,23,24,26). The summed E-state index contributed by atoms with van der Waals surface area (Å²) in [6.45, 7) is 3.41. The fraction of sp³-hybridized carbons (Fsp3) is 0.316. The molecule has 0 amide bonds. The molecule has 3 aromatic rings. The molecule has 1 aromatic heterocycles.